The summed E-state index contributed by atoms with van der Waals surface area (Å²) in [5.74, 6) is 4.59. The molecule has 0 bridgehead atoms. The quantitative estimate of drug-likeness (QED) is 0.737. The molecule has 1 aliphatic carbocycles. The summed E-state index contributed by atoms with van der Waals surface area (Å²) in [6, 6.07) is 10.6. The second kappa shape index (κ2) is 7.10. The molecule has 2 aliphatic rings. The van der Waals surface area contributed by atoms with E-state index >= 15 is 0 Å². The molecule has 3 aromatic rings. The van der Waals surface area contributed by atoms with Crippen LogP contribution in [-0.2, 0) is 26.6 Å². The van der Waals surface area contributed by atoms with Crippen LogP contribution in [0.15, 0.2) is 30.3 Å². The molecule has 1 saturated carbocycles. The topological polar surface area (TPSA) is 90.7 Å². The summed E-state index contributed by atoms with van der Waals surface area (Å²) in [5, 5.41) is 17.8. The van der Waals surface area contributed by atoms with E-state index in [1.54, 1.807) is 0 Å². The molecular weight excluding hydrogens is 352 g/mol. The Morgan fingerprint density at radius 1 is 1.00 bits per heavy atom. The molecule has 2 N–H and O–H groups in total. The number of benzene rings is 1. The Morgan fingerprint density at radius 2 is 1.82 bits per heavy atom. The number of rotatable bonds is 4. The molecule has 0 amide bonds. The van der Waals surface area contributed by atoms with Gasteiger partial charge in [-0.3, -0.25) is 4.90 Å². The van der Waals surface area contributed by atoms with E-state index in [4.69, 9.17) is 5.73 Å². The van der Waals surface area contributed by atoms with Crippen LogP contribution >= 0.6 is 0 Å². The molecule has 1 aliphatic heterocycles. The van der Waals surface area contributed by atoms with Crippen molar-refractivity contribution in [1.82, 2.24) is 34.4 Å². The summed E-state index contributed by atoms with van der Waals surface area (Å²) in [6.45, 7) is 3.58. The van der Waals surface area contributed by atoms with E-state index in [1.807, 2.05) is 18.2 Å². The van der Waals surface area contributed by atoms with Crippen LogP contribution in [0.1, 0.15) is 36.2 Å². The molecule has 0 radical (unpaired) electrons. The summed E-state index contributed by atoms with van der Waals surface area (Å²) in [6.07, 6.45) is 2.93. The van der Waals surface area contributed by atoms with Gasteiger partial charge in [0.05, 0.1) is 6.54 Å². The molecule has 2 aromatic heterocycles. The second-order valence-electron chi connectivity index (χ2n) is 7.95. The zero-order chi connectivity index (χ0) is 19.1. The lowest BCUT2D eigenvalue weighted by molar-refractivity contribution is 0.260. The van der Waals surface area contributed by atoms with E-state index in [0.717, 1.165) is 74.3 Å². The standard InChI is InChI=1S/C20H26N8/c1-26-18(23-24-19(26)15-11-16(21)12-15)13-27-8-7-17-22-25-20(28(17)10-9-27)14-5-3-2-4-6-14/h2-6,15-16H,7-13,21H2,1H3. The van der Waals surface area contributed by atoms with Crippen LogP contribution < -0.4 is 5.73 Å². The van der Waals surface area contributed by atoms with Crippen LogP contribution in [0.4, 0.5) is 0 Å². The smallest absolute Gasteiger partial charge is 0.164 e. The first-order valence-corrected chi connectivity index (χ1v) is 10.0. The van der Waals surface area contributed by atoms with Crippen molar-refractivity contribution in [2.24, 2.45) is 12.8 Å². The van der Waals surface area contributed by atoms with Crippen molar-refractivity contribution in [1.29, 1.82) is 0 Å². The van der Waals surface area contributed by atoms with Gasteiger partial charge in [-0.2, -0.15) is 0 Å². The Labute approximate surface area is 164 Å². The van der Waals surface area contributed by atoms with Crippen molar-refractivity contribution in [3.63, 3.8) is 0 Å². The molecule has 8 heteroatoms. The maximum Gasteiger partial charge on any atom is 0.164 e. The molecule has 1 fully saturated rings. The summed E-state index contributed by atoms with van der Waals surface area (Å²) < 4.78 is 4.42. The van der Waals surface area contributed by atoms with Crippen molar-refractivity contribution in [3.8, 4) is 11.4 Å². The van der Waals surface area contributed by atoms with Crippen molar-refractivity contribution >= 4 is 0 Å². The van der Waals surface area contributed by atoms with E-state index in [2.05, 4.69) is 53.6 Å². The molecule has 0 saturated heterocycles. The summed E-state index contributed by atoms with van der Waals surface area (Å²) in [7, 11) is 2.08. The van der Waals surface area contributed by atoms with Crippen LogP contribution in [-0.4, -0.2) is 53.6 Å². The van der Waals surface area contributed by atoms with Gasteiger partial charge in [0.25, 0.3) is 0 Å². The number of hydrogen-bond donors (Lipinski definition) is 1. The van der Waals surface area contributed by atoms with Gasteiger partial charge < -0.3 is 14.9 Å². The monoisotopic (exact) mass is 378 g/mol. The normalized spacial score (nSPS) is 22.5. The van der Waals surface area contributed by atoms with E-state index in [0.29, 0.717) is 12.0 Å². The lowest BCUT2D eigenvalue weighted by atomic mass is 9.80. The van der Waals surface area contributed by atoms with Crippen LogP contribution in [0.3, 0.4) is 0 Å². The fraction of sp³-hybridized carbons (Fsp3) is 0.500. The van der Waals surface area contributed by atoms with Crippen molar-refractivity contribution in [2.45, 2.75) is 44.3 Å². The van der Waals surface area contributed by atoms with Crippen molar-refractivity contribution in [3.05, 3.63) is 47.8 Å². The molecule has 28 heavy (non-hydrogen) atoms. The Morgan fingerprint density at radius 3 is 2.61 bits per heavy atom. The summed E-state index contributed by atoms with van der Waals surface area (Å²) in [5.41, 5.74) is 7.05. The highest BCUT2D eigenvalue weighted by Gasteiger charge is 2.31. The average Bonchev–Trinajstić information content (AvgIpc) is 3.19. The Hall–Kier alpha value is -2.58. The highest BCUT2D eigenvalue weighted by molar-refractivity contribution is 5.55. The highest BCUT2D eigenvalue weighted by Crippen LogP contribution is 2.34. The Balaban J connectivity index is 1.29. The number of nitrogens with two attached hydrogens (primary N) is 1. The van der Waals surface area contributed by atoms with Gasteiger partial charge in [0, 0.05) is 50.6 Å². The van der Waals surface area contributed by atoms with E-state index in [-0.39, 0.29) is 0 Å². The van der Waals surface area contributed by atoms with Crippen LogP contribution in [0, 0.1) is 0 Å². The van der Waals surface area contributed by atoms with Gasteiger partial charge in [-0.05, 0) is 12.8 Å². The minimum Gasteiger partial charge on any atom is -0.328 e. The number of nitrogens with zero attached hydrogens (tertiary/aromatic N) is 7. The zero-order valence-electron chi connectivity index (χ0n) is 16.2. The van der Waals surface area contributed by atoms with Gasteiger partial charge in [-0.1, -0.05) is 30.3 Å². The molecule has 0 spiro atoms. The number of fused-ring (bicyclic) bond motifs is 1. The molecule has 0 unspecified atom stereocenters. The van der Waals surface area contributed by atoms with Crippen molar-refractivity contribution in [2.75, 3.05) is 13.1 Å². The third-order valence-corrected chi connectivity index (χ3v) is 6.05. The molecular formula is C20H26N8. The van der Waals surface area contributed by atoms with E-state index < -0.39 is 0 Å². The van der Waals surface area contributed by atoms with E-state index in [9.17, 15) is 0 Å². The third-order valence-electron chi connectivity index (χ3n) is 6.05. The minimum atomic E-state index is 0.325. The maximum atomic E-state index is 5.94. The Kier molecular flexibility index (Phi) is 4.44. The molecule has 5 rings (SSSR count). The van der Waals surface area contributed by atoms with Gasteiger partial charge in [0.15, 0.2) is 5.82 Å². The average molecular weight is 378 g/mol. The second-order valence-corrected chi connectivity index (χ2v) is 7.95. The fourth-order valence-electron chi connectivity index (χ4n) is 4.27. The first-order chi connectivity index (χ1) is 13.7. The van der Waals surface area contributed by atoms with Gasteiger partial charge in [0.1, 0.15) is 17.5 Å². The lowest BCUT2D eigenvalue weighted by Gasteiger charge is -2.31. The molecule has 8 nitrogen and oxygen atoms in total. The molecule has 0 atom stereocenters. The fourth-order valence-corrected chi connectivity index (χ4v) is 4.27. The third kappa shape index (κ3) is 3.12. The SMILES string of the molecule is Cn1c(CN2CCc3nnc(-c4ccccc4)n3CC2)nnc1C1CC(N)C1. The molecule has 3 heterocycles. The van der Waals surface area contributed by atoms with Gasteiger partial charge in [0.2, 0.25) is 0 Å². The first kappa shape index (κ1) is 17.5. The first-order valence-electron chi connectivity index (χ1n) is 10.0. The van der Waals surface area contributed by atoms with Crippen LogP contribution in [0.2, 0.25) is 0 Å². The number of aromatic nitrogens is 6. The van der Waals surface area contributed by atoms with Crippen LogP contribution in [0.5, 0.6) is 0 Å². The Bertz CT molecular complexity index is 954. The number of hydrogen-bond acceptors (Lipinski definition) is 6. The lowest BCUT2D eigenvalue weighted by Crippen LogP contribution is -2.36. The van der Waals surface area contributed by atoms with Crippen LogP contribution in [0.25, 0.3) is 11.4 Å². The van der Waals surface area contributed by atoms with Gasteiger partial charge in [-0.25, -0.2) is 0 Å². The van der Waals surface area contributed by atoms with Gasteiger partial charge >= 0.3 is 0 Å². The summed E-state index contributed by atoms with van der Waals surface area (Å²) >= 11 is 0. The predicted molar refractivity (Wildman–Crippen MR) is 105 cm³/mol. The highest BCUT2D eigenvalue weighted by atomic mass is 15.3. The van der Waals surface area contributed by atoms with Crippen molar-refractivity contribution < 1.29 is 0 Å². The van der Waals surface area contributed by atoms with E-state index in [1.165, 1.54) is 0 Å². The molecule has 1 aromatic carbocycles. The summed E-state index contributed by atoms with van der Waals surface area (Å²) in [4.78, 5) is 2.43. The molecule has 146 valence electrons. The zero-order valence-corrected chi connectivity index (χ0v) is 16.2. The van der Waals surface area contributed by atoms with Gasteiger partial charge in [-0.15, -0.1) is 20.4 Å². The maximum absolute atomic E-state index is 5.94. The largest absolute Gasteiger partial charge is 0.328 e. The minimum absolute atomic E-state index is 0.325. The predicted octanol–water partition coefficient (Wildman–Crippen LogP) is 1.34.